The van der Waals surface area contributed by atoms with Gasteiger partial charge in [-0.25, -0.2) is 9.48 Å². The Morgan fingerprint density at radius 3 is 2.40 bits per heavy atom. The van der Waals surface area contributed by atoms with Crippen LogP contribution in [0.15, 0.2) is 36.5 Å². The molecule has 0 N–H and O–H groups in total. The van der Waals surface area contributed by atoms with Crippen molar-refractivity contribution in [3.05, 3.63) is 47.8 Å². The Morgan fingerprint density at radius 1 is 1.20 bits per heavy atom. The number of ether oxygens (including phenoxy) is 1. The third kappa shape index (κ3) is 3.07. The van der Waals surface area contributed by atoms with Crippen LogP contribution < -0.4 is 0 Å². The van der Waals surface area contributed by atoms with Gasteiger partial charge in [-0.05, 0) is 36.1 Å². The van der Waals surface area contributed by atoms with E-state index in [0.717, 1.165) is 5.69 Å². The molecule has 1 aromatic heterocycles. The van der Waals surface area contributed by atoms with Crippen molar-refractivity contribution in [2.24, 2.45) is 0 Å². The summed E-state index contributed by atoms with van der Waals surface area (Å²) >= 11 is 0. The molecular weight excluding hydrogens is 252 g/mol. The van der Waals surface area contributed by atoms with Gasteiger partial charge in [-0.3, -0.25) is 0 Å². The first-order chi connectivity index (χ1) is 9.41. The fourth-order valence-electron chi connectivity index (χ4n) is 1.90. The fraction of sp³-hybridized carbons (Fsp3) is 0.375. The molecule has 0 spiro atoms. The summed E-state index contributed by atoms with van der Waals surface area (Å²) in [5.74, 6) is -0.391. The van der Waals surface area contributed by atoms with Crippen molar-refractivity contribution in [3.8, 4) is 5.69 Å². The number of rotatable bonds is 3. The van der Waals surface area contributed by atoms with E-state index in [1.165, 1.54) is 5.56 Å². The van der Waals surface area contributed by atoms with E-state index in [1.807, 2.05) is 12.1 Å². The summed E-state index contributed by atoms with van der Waals surface area (Å²) in [6.45, 7) is 8.66. The van der Waals surface area contributed by atoms with E-state index in [1.54, 1.807) is 23.9 Å². The van der Waals surface area contributed by atoms with Crippen LogP contribution in [-0.4, -0.2) is 22.4 Å². The van der Waals surface area contributed by atoms with E-state index < -0.39 is 5.97 Å². The second-order valence-electron chi connectivity index (χ2n) is 5.66. The van der Waals surface area contributed by atoms with Crippen LogP contribution in [0.3, 0.4) is 0 Å². The zero-order valence-electron chi connectivity index (χ0n) is 12.4. The summed E-state index contributed by atoms with van der Waals surface area (Å²) < 4.78 is 6.61. The minimum absolute atomic E-state index is 0.124. The van der Waals surface area contributed by atoms with E-state index >= 15 is 0 Å². The summed E-state index contributed by atoms with van der Waals surface area (Å²) in [5, 5.41) is 4.23. The van der Waals surface area contributed by atoms with Gasteiger partial charge < -0.3 is 4.74 Å². The minimum Gasteiger partial charge on any atom is -0.461 e. The predicted octanol–water partition coefficient (Wildman–Crippen LogP) is 3.35. The van der Waals surface area contributed by atoms with Crippen molar-refractivity contribution in [1.82, 2.24) is 9.78 Å². The summed E-state index contributed by atoms with van der Waals surface area (Å²) in [7, 11) is 0. The molecule has 0 radical (unpaired) electrons. The number of nitrogens with zero attached hydrogens (tertiary/aromatic N) is 2. The van der Waals surface area contributed by atoms with E-state index in [-0.39, 0.29) is 5.41 Å². The second-order valence-corrected chi connectivity index (χ2v) is 5.66. The van der Waals surface area contributed by atoms with Crippen molar-refractivity contribution >= 4 is 5.97 Å². The molecule has 1 aromatic carbocycles. The molecule has 0 saturated heterocycles. The minimum atomic E-state index is -0.391. The van der Waals surface area contributed by atoms with Gasteiger partial charge in [0, 0.05) is 6.20 Å². The smallest absolute Gasteiger partial charge is 0.358 e. The van der Waals surface area contributed by atoms with Crippen LogP contribution >= 0.6 is 0 Å². The van der Waals surface area contributed by atoms with Gasteiger partial charge >= 0.3 is 5.97 Å². The molecule has 0 fully saturated rings. The second kappa shape index (κ2) is 5.49. The molecule has 2 aromatic rings. The first kappa shape index (κ1) is 14.3. The lowest BCUT2D eigenvalue weighted by atomic mass is 9.87. The Balaban J connectivity index is 2.22. The van der Waals surface area contributed by atoms with Crippen LogP contribution in [-0.2, 0) is 10.2 Å². The first-order valence-corrected chi connectivity index (χ1v) is 6.75. The highest BCUT2D eigenvalue weighted by molar-refractivity contribution is 5.87. The number of aromatic nitrogens is 2. The number of benzene rings is 1. The molecule has 0 bridgehead atoms. The molecule has 0 aliphatic rings. The van der Waals surface area contributed by atoms with Crippen molar-refractivity contribution in [2.45, 2.75) is 33.1 Å². The molecule has 0 saturated carbocycles. The molecule has 0 amide bonds. The van der Waals surface area contributed by atoms with Gasteiger partial charge in [0.05, 0.1) is 12.3 Å². The van der Waals surface area contributed by atoms with E-state index in [0.29, 0.717) is 12.3 Å². The van der Waals surface area contributed by atoms with E-state index in [9.17, 15) is 4.79 Å². The number of hydrogen-bond acceptors (Lipinski definition) is 3. The topological polar surface area (TPSA) is 44.1 Å². The normalized spacial score (nSPS) is 11.4. The van der Waals surface area contributed by atoms with Gasteiger partial charge in [-0.1, -0.05) is 32.9 Å². The highest BCUT2D eigenvalue weighted by Gasteiger charge is 2.14. The maximum atomic E-state index is 11.6. The quantitative estimate of drug-likeness (QED) is 0.805. The monoisotopic (exact) mass is 272 g/mol. The molecule has 4 nitrogen and oxygen atoms in total. The SMILES string of the molecule is CCOC(=O)c1ccn(-c2ccc(C(C)(C)C)cc2)n1. The van der Waals surface area contributed by atoms with Crippen LogP contribution in [0.1, 0.15) is 43.7 Å². The van der Waals surface area contributed by atoms with Gasteiger partial charge in [-0.15, -0.1) is 0 Å². The van der Waals surface area contributed by atoms with E-state index in [2.05, 4.69) is 38.0 Å². The van der Waals surface area contributed by atoms with Crippen LogP contribution in [0, 0.1) is 0 Å². The van der Waals surface area contributed by atoms with Crippen molar-refractivity contribution in [2.75, 3.05) is 6.61 Å². The Hall–Kier alpha value is -2.10. The van der Waals surface area contributed by atoms with E-state index in [4.69, 9.17) is 4.74 Å². The molecule has 2 rings (SSSR count). The molecule has 106 valence electrons. The molecule has 1 heterocycles. The first-order valence-electron chi connectivity index (χ1n) is 6.75. The molecule has 0 aliphatic heterocycles. The average Bonchev–Trinajstić information content (AvgIpc) is 2.88. The number of hydrogen-bond donors (Lipinski definition) is 0. The Bertz CT molecular complexity index is 592. The standard InChI is InChI=1S/C16H20N2O2/c1-5-20-15(19)14-10-11-18(17-14)13-8-6-12(7-9-13)16(2,3)4/h6-11H,5H2,1-4H3. The third-order valence-corrected chi connectivity index (χ3v) is 3.07. The molecule has 0 aliphatic carbocycles. The molecule has 0 unspecified atom stereocenters. The van der Waals surface area contributed by atoms with Gasteiger partial charge in [0.25, 0.3) is 0 Å². The lowest BCUT2D eigenvalue weighted by molar-refractivity contribution is 0.0519. The van der Waals surface area contributed by atoms with Crippen LogP contribution in [0.5, 0.6) is 0 Å². The Kier molecular flexibility index (Phi) is 3.93. The van der Waals surface area contributed by atoms with Crippen LogP contribution in [0.2, 0.25) is 0 Å². The largest absolute Gasteiger partial charge is 0.461 e. The summed E-state index contributed by atoms with van der Waals surface area (Å²) in [6.07, 6.45) is 1.76. The lowest BCUT2D eigenvalue weighted by Crippen LogP contribution is -2.11. The van der Waals surface area contributed by atoms with Gasteiger partial charge in [0.15, 0.2) is 5.69 Å². The Morgan fingerprint density at radius 2 is 1.85 bits per heavy atom. The molecular formula is C16H20N2O2. The highest BCUT2D eigenvalue weighted by atomic mass is 16.5. The number of esters is 1. The van der Waals surface area contributed by atoms with Crippen LogP contribution in [0.4, 0.5) is 0 Å². The van der Waals surface area contributed by atoms with Crippen molar-refractivity contribution in [3.63, 3.8) is 0 Å². The lowest BCUT2D eigenvalue weighted by Gasteiger charge is -2.19. The van der Waals surface area contributed by atoms with Gasteiger partial charge in [-0.2, -0.15) is 5.10 Å². The average molecular weight is 272 g/mol. The third-order valence-electron chi connectivity index (χ3n) is 3.07. The maximum Gasteiger partial charge on any atom is 0.358 e. The van der Waals surface area contributed by atoms with Crippen LogP contribution in [0.25, 0.3) is 5.69 Å². The summed E-state index contributed by atoms with van der Waals surface area (Å²) in [6, 6.07) is 9.84. The van der Waals surface area contributed by atoms with Crippen molar-refractivity contribution < 1.29 is 9.53 Å². The number of carbonyl (C=O) groups excluding carboxylic acids is 1. The Labute approximate surface area is 119 Å². The molecule has 20 heavy (non-hydrogen) atoms. The highest BCUT2D eigenvalue weighted by Crippen LogP contribution is 2.23. The zero-order valence-corrected chi connectivity index (χ0v) is 12.4. The number of carbonyl (C=O) groups is 1. The summed E-state index contributed by atoms with van der Waals surface area (Å²) in [5.41, 5.74) is 2.64. The molecule has 0 atom stereocenters. The maximum absolute atomic E-state index is 11.6. The van der Waals surface area contributed by atoms with Gasteiger partial charge in [0.1, 0.15) is 0 Å². The molecule has 4 heteroatoms. The predicted molar refractivity (Wildman–Crippen MR) is 78.2 cm³/mol. The summed E-state index contributed by atoms with van der Waals surface area (Å²) in [4.78, 5) is 11.6. The fourth-order valence-corrected chi connectivity index (χ4v) is 1.90. The van der Waals surface area contributed by atoms with Gasteiger partial charge in [0.2, 0.25) is 0 Å². The zero-order chi connectivity index (χ0) is 14.8. The van der Waals surface area contributed by atoms with Crippen molar-refractivity contribution in [1.29, 1.82) is 0 Å².